The third-order valence-electron chi connectivity index (χ3n) is 1.76. The van der Waals surface area contributed by atoms with Gasteiger partial charge in [-0.2, -0.15) is 0 Å². The van der Waals surface area contributed by atoms with E-state index in [9.17, 15) is 4.79 Å². The number of amides is 1. The molecule has 0 radical (unpaired) electrons. The van der Waals surface area contributed by atoms with Gasteiger partial charge in [0.05, 0.1) is 7.11 Å². The van der Waals surface area contributed by atoms with Crippen LogP contribution in [0.2, 0.25) is 0 Å². The van der Waals surface area contributed by atoms with Gasteiger partial charge in [0.1, 0.15) is 11.6 Å². The van der Waals surface area contributed by atoms with Gasteiger partial charge in [-0.3, -0.25) is 9.63 Å². The Labute approximate surface area is 97.4 Å². The predicted molar refractivity (Wildman–Crippen MR) is 62.4 cm³/mol. The molecule has 5 nitrogen and oxygen atoms in total. The first-order chi connectivity index (χ1) is 7.17. The number of nitrogens with one attached hydrogen (secondary N) is 1. The van der Waals surface area contributed by atoms with Gasteiger partial charge in [-0.1, -0.05) is 0 Å². The van der Waals surface area contributed by atoms with Gasteiger partial charge in [0.25, 0.3) is 5.91 Å². The molecule has 0 aromatic carbocycles. The Morgan fingerprint density at radius 1 is 1.44 bits per heavy atom. The minimum Gasteiger partial charge on any atom is -0.474 e. The summed E-state index contributed by atoms with van der Waals surface area (Å²) in [6, 6.07) is -0.445. The molecule has 94 valence electrons. The molecule has 0 aliphatic heterocycles. The molecular formula is C11H22N2O3. The molecule has 0 fully saturated rings. The summed E-state index contributed by atoms with van der Waals surface area (Å²) in [5, 5.41) is 4.02. The van der Waals surface area contributed by atoms with Crippen molar-refractivity contribution in [1.82, 2.24) is 10.4 Å². The number of hydroxylamine groups is 2. The molecule has 0 bridgehead atoms. The fraction of sp³-hybridized carbons (Fsp3) is 0.727. The molecule has 0 saturated carbocycles. The summed E-state index contributed by atoms with van der Waals surface area (Å²) in [5.41, 5.74) is -0.333. The topological polar surface area (TPSA) is 50.8 Å². The van der Waals surface area contributed by atoms with E-state index in [1.807, 2.05) is 20.8 Å². The van der Waals surface area contributed by atoms with Crippen LogP contribution in [0.15, 0.2) is 12.5 Å². The average Bonchev–Trinajstić information content (AvgIpc) is 2.12. The molecule has 0 rings (SSSR count). The Bertz CT molecular complexity index is 258. The van der Waals surface area contributed by atoms with E-state index in [1.54, 1.807) is 14.0 Å². The Balaban J connectivity index is 4.20. The second kappa shape index (κ2) is 5.75. The molecule has 16 heavy (non-hydrogen) atoms. The first-order valence-corrected chi connectivity index (χ1v) is 5.13. The smallest absolute Gasteiger partial charge is 0.268 e. The Hall–Kier alpha value is -1.23. The third kappa shape index (κ3) is 5.60. The lowest BCUT2D eigenvalue weighted by molar-refractivity contribution is -0.170. The first kappa shape index (κ1) is 14.8. The Morgan fingerprint density at radius 3 is 2.31 bits per heavy atom. The van der Waals surface area contributed by atoms with E-state index in [1.165, 1.54) is 7.11 Å². The number of carbonyl (C=O) groups is 1. The summed E-state index contributed by atoms with van der Waals surface area (Å²) < 4.78 is 5.45. The molecule has 0 aromatic rings. The van der Waals surface area contributed by atoms with Crippen LogP contribution < -0.4 is 5.32 Å². The number of hydrogen-bond acceptors (Lipinski definition) is 4. The van der Waals surface area contributed by atoms with Gasteiger partial charge in [-0.15, -0.1) is 0 Å². The van der Waals surface area contributed by atoms with E-state index in [0.29, 0.717) is 5.88 Å². The van der Waals surface area contributed by atoms with E-state index in [0.717, 1.165) is 5.06 Å². The molecule has 5 heteroatoms. The maximum atomic E-state index is 11.6. The van der Waals surface area contributed by atoms with Crippen molar-refractivity contribution in [3.05, 3.63) is 12.5 Å². The summed E-state index contributed by atoms with van der Waals surface area (Å²) in [6.07, 6.45) is 0. The molecular weight excluding hydrogens is 208 g/mol. The minimum atomic E-state index is -0.445. The molecule has 1 atom stereocenters. The van der Waals surface area contributed by atoms with Gasteiger partial charge in [0.15, 0.2) is 5.88 Å². The molecule has 0 aliphatic carbocycles. The number of carbonyl (C=O) groups excluding carboxylic acids is 1. The van der Waals surface area contributed by atoms with Crippen LogP contribution in [0.4, 0.5) is 0 Å². The van der Waals surface area contributed by atoms with Crippen molar-refractivity contribution in [2.45, 2.75) is 39.3 Å². The molecule has 1 amide bonds. The van der Waals surface area contributed by atoms with E-state index in [4.69, 9.17) is 9.57 Å². The van der Waals surface area contributed by atoms with Gasteiger partial charge < -0.3 is 10.1 Å². The van der Waals surface area contributed by atoms with Crippen molar-refractivity contribution in [1.29, 1.82) is 0 Å². The zero-order valence-electron chi connectivity index (χ0n) is 11.0. The fourth-order valence-corrected chi connectivity index (χ4v) is 1.06. The Morgan fingerprint density at radius 2 is 1.94 bits per heavy atom. The molecule has 1 N–H and O–H groups in total. The Kier molecular flexibility index (Phi) is 5.30. The fourth-order valence-electron chi connectivity index (χ4n) is 1.06. The number of rotatable bonds is 5. The standard InChI is InChI=1S/C11H22N2O3/c1-8(10(14)13(6)15-7)12-9(2)16-11(3,4)5/h8,12H,2H2,1,3-7H3/t8-/m0/s1. The average molecular weight is 230 g/mol. The van der Waals surface area contributed by atoms with Gasteiger partial charge in [-0.25, -0.2) is 5.06 Å². The van der Waals surface area contributed by atoms with E-state index < -0.39 is 6.04 Å². The summed E-state index contributed by atoms with van der Waals surface area (Å²) in [5.74, 6) is 0.180. The molecule has 0 spiro atoms. The maximum absolute atomic E-state index is 11.6. The van der Waals surface area contributed by atoms with Crippen LogP contribution >= 0.6 is 0 Å². The number of nitrogens with zero attached hydrogens (tertiary/aromatic N) is 1. The summed E-state index contributed by atoms with van der Waals surface area (Å²) in [7, 11) is 2.99. The number of likely N-dealkylation sites (N-methyl/N-ethyl adjacent to an activating group) is 1. The van der Waals surface area contributed by atoms with E-state index in [-0.39, 0.29) is 11.5 Å². The second-order valence-corrected chi connectivity index (χ2v) is 4.52. The highest BCUT2D eigenvalue weighted by Crippen LogP contribution is 2.10. The highest BCUT2D eigenvalue weighted by molar-refractivity contribution is 5.80. The number of hydrogen-bond donors (Lipinski definition) is 1. The molecule has 0 saturated heterocycles. The SMILES string of the molecule is C=C(N[C@@H](C)C(=O)N(C)OC)OC(C)(C)C. The predicted octanol–water partition coefficient (Wildman–Crippen LogP) is 1.27. The van der Waals surface area contributed by atoms with Crippen LogP contribution in [0.5, 0.6) is 0 Å². The number of ether oxygens (including phenoxy) is 1. The van der Waals surface area contributed by atoms with Gasteiger partial charge in [0, 0.05) is 7.05 Å². The van der Waals surface area contributed by atoms with Crippen LogP contribution in [0.25, 0.3) is 0 Å². The lowest BCUT2D eigenvalue weighted by atomic mass is 10.2. The highest BCUT2D eigenvalue weighted by atomic mass is 16.7. The summed E-state index contributed by atoms with van der Waals surface area (Å²) in [6.45, 7) is 11.2. The van der Waals surface area contributed by atoms with Crippen molar-refractivity contribution in [2.24, 2.45) is 0 Å². The van der Waals surface area contributed by atoms with Crippen molar-refractivity contribution in [3.63, 3.8) is 0 Å². The lowest BCUT2D eigenvalue weighted by Crippen LogP contribution is -2.43. The zero-order valence-corrected chi connectivity index (χ0v) is 11.0. The normalized spacial score (nSPS) is 12.9. The van der Waals surface area contributed by atoms with Gasteiger partial charge in [-0.05, 0) is 34.3 Å². The van der Waals surface area contributed by atoms with Crippen molar-refractivity contribution < 1.29 is 14.4 Å². The largest absolute Gasteiger partial charge is 0.474 e. The molecule has 0 unspecified atom stereocenters. The van der Waals surface area contributed by atoms with Crippen LogP contribution in [0, 0.1) is 0 Å². The lowest BCUT2D eigenvalue weighted by Gasteiger charge is -2.26. The molecule has 0 heterocycles. The van der Waals surface area contributed by atoms with Crippen LogP contribution in [-0.2, 0) is 14.4 Å². The molecule has 0 aliphatic rings. The van der Waals surface area contributed by atoms with E-state index in [2.05, 4.69) is 11.9 Å². The maximum Gasteiger partial charge on any atom is 0.268 e. The van der Waals surface area contributed by atoms with Crippen molar-refractivity contribution >= 4 is 5.91 Å². The first-order valence-electron chi connectivity index (χ1n) is 5.13. The van der Waals surface area contributed by atoms with E-state index >= 15 is 0 Å². The van der Waals surface area contributed by atoms with Crippen molar-refractivity contribution in [3.8, 4) is 0 Å². The monoisotopic (exact) mass is 230 g/mol. The van der Waals surface area contributed by atoms with Crippen LogP contribution in [0.3, 0.4) is 0 Å². The third-order valence-corrected chi connectivity index (χ3v) is 1.76. The van der Waals surface area contributed by atoms with Gasteiger partial charge in [0.2, 0.25) is 0 Å². The quantitative estimate of drug-likeness (QED) is 0.571. The highest BCUT2D eigenvalue weighted by Gasteiger charge is 2.20. The van der Waals surface area contributed by atoms with Crippen LogP contribution in [-0.4, -0.2) is 36.8 Å². The minimum absolute atomic E-state index is 0.193. The summed E-state index contributed by atoms with van der Waals surface area (Å²) >= 11 is 0. The molecule has 0 aromatic heterocycles. The summed E-state index contributed by atoms with van der Waals surface area (Å²) in [4.78, 5) is 16.4. The van der Waals surface area contributed by atoms with Crippen molar-refractivity contribution in [2.75, 3.05) is 14.2 Å². The second-order valence-electron chi connectivity index (χ2n) is 4.52. The zero-order chi connectivity index (χ0) is 12.9. The van der Waals surface area contributed by atoms with Gasteiger partial charge >= 0.3 is 0 Å². The van der Waals surface area contributed by atoms with Crippen LogP contribution in [0.1, 0.15) is 27.7 Å².